The summed E-state index contributed by atoms with van der Waals surface area (Å²) in [5.41, 5.74) is 2.05. The number of benzene rings is 2. The van der Waals surface area contributed by atoms with Gasteiger partial charge in [-0.25, -0.2) is 8.78 Å². The average molecular weight is 291 g/mol. The van der Waals surface area contributed by atoms with E-state index < -0.39 is 11.6 Å². The van der Waals surface area contributed by atoms with E-state index in [2.05, 4.69) is 17.4 Å². The minimum Gasteiger partial charge on any atom is -0.303 e. The smallest absolute Gasteiger partial charge is 0.159 e. The summed E-state index contributed by atoms with van der Waals surface area (Å²) < 4.78 is 26.3. The Kier molecular flexibility index (Phi) is 3.76. The lowest BCUT2D eigenvalue weighted by Crippen LogP contribution is -2.24. The maximum absolute atomic E-state index is 13.3. The van der Waals surface area contributed by atoms with Gasteiger partial charge in [-0.3, -0.25) is 0 Å². The van der Waals surface area contributed by atoms with Crippen LogP contribution in [0.25, 0.3) is 0 Å². The normalized spacial score (nSPS) is 18.9. The molecule has 1 N–H and O–H groups in total. The zero-order valence-corrected chi connectivity index (χ0v) is 11.9. The largest absolute Gasteiger partial charge is 0.303 e. The van der Waals surface area contributed by atoms with Gasteiger partial charge in [0.2, 0.25) is 0 Å². The molecule has 1 heterocycles. The Hall–Kier alpha value is -1.39. The average Bonchev–Trinajstić information content (AvgIpc) is 2.85. The molecule has 0 aromatic heterocycles. The van der Waals surface area contributed by atoms with E-state index in [0.717, 1.165) is 11.3 Å². The van der Waals surface area contributed by atoms with Crippen molar-refractivity contribution in [3.63, 3.8) is 0 Å². The summed E-state index contributed by atoms with van der Waals surface area (Å²) in [7, 11) is 0. The topological polar surface area (TPSA) is 12.0 Å². The Bertz CT molecular complexity index is 630. The molecule has 2 unspecified atom stereocenters. The van der Waals surface area contributed by atoms with Gasteiger partial charge in [-0.15, -0.1) is 11.8 Å². The second-order valence-corrected chi connectivity index (χ2v) is 6.03. The maximum Gasteiger partial charge on any atom is 0.159 e. The van der Waals surface area contributed by atoms with Crippen molar-refractivity contribution in [1.29, 1.82) is 0 Å². The minimum atomic E-state index is -0.803. The predicted molar refractivity (Wildman–Crippen MR) is 77.8 cm³/mol. The number of thioether (sulfide) groups is 1. The van der Waals surface area contributed by atoms with Crippen LogP contribution in [0.1, 0.15) is 30.1 Å². The second kappa shape index (κ2) is 5.54. The van der Waals surface area contributed by atoms with Gasteiger partial charge in [-0.1, -0.05) is 24.3 Å². The standard InChI is InChI=1S/C16H15F2NS/c1-10(11-6-7-13(17)14(18)8-11)19-15-9-20-16-5-3-2-4-12(15)16/h2-8,10,15,19H,9H2,1H3. The molecule has 0 amide bonds. The molecule has 1 aliphatic rings. The van der Waals surface area contributed by atoms with Crippen molar-refractivity contribution in [1.82, 2.24) is 5.32 Å². The van der Waals surface area contributed by atoms with Gasteiger partial charge in [0.1, 0.15) is 0 Å². The molecular weight excluding hydrogens is 276 g/mol. The van der Waals surface area contributed by atoms with Crippen LogP contribution >= 0.6 is 11.8 Å². The number of fused-ring (bicyclic) bond motifs is 1. The second-order valence-electron chi connectivity index (χ2n) is 4.96. The van der Waals surface area contributed by atoms with E-state index in [1.54, 1.807) is 6.07 Å². The number of halogens is 2. The van der Waals surface area contributed by atoms with Crippen molar-refractivity contribution < 1.29 is 8.78 Å². The van der Waals surface area contributed by atoms with E-state index in [0.29, 0.717) is 0 Å². The van der Waals surface area contributed by atoms with E-state index in [9.17, 15) is 8.78 Å². The predicted octanol–water partition coefficient (Wildman–Crippen LogP) is 4.46. The van der Waals surface area contributed by atoms with Crippen molar-refractivity contribution in [3.8, 4) is 0 Å². The lowest BCUT2D eigenvalue weighted by atomic mass is 10.0. The molecule has 2 atom stereocenters. The van der Waals surface area contributed by atoms with E-state index in [4.69, 9.17) is 0 Å². The molecule has 2 aromatic carbocycles. The van der Waals surface area contributed by atoms with Crippen LogP contribution in [0.3, 0.4) is 0 Å². The molecule has 1 nitrogen and oxygen atoms in total. The molecule has 104 valence electrons. The first-order chi connectivity index (χ1) is 9.65. The zero-order chi connectivity index (χ0) is 14.1. The van der Waals surface area contributed by atoms with E-state index >= 15 is 0 Å². The molecule has 0 saturated heterocycles. The molecule has 3 rings (SSSR count). The number of hydrogen-bond donors (Lipinski definition) is 1. The SMILES string of the molecule is CC(NC1CSc2ccccc21)c1ccc(F)c(F)c1. The third-order valence-electron chi connectivity index (χ3n) is 3.59. The van der Waals surface area contributed by atoms with Crippen LogP contribution in [0.15, 0.2) is 47.4 Å². The highest BCUT2D eigenvalue weighted by atomic mass is 32.2. The summed E-state index contributed by atoms with van der Waals surface area (Å²) in [6.45, 7) is 1.97. The quantitative estimate of drug-likeness (QED) is 0.896. The van der Waals surface area contributed by atoms with Gasteiger partial charge in [0, 0.05) is 22.7 Å². The lowest BCUT2D eigenvalue weighted by Gasteiger charge is -2.20. The lowest BCUT2D eigenvalue weighted by molar-refractivity contribution is 0.483. The van der Waals surface area contributed by atoms with Crippen LogP contribution in [-0.2, 0) is 0 Å². The Morgan fingerprint density at radius 1 is 1.15 bits per heavy atom. The van der Waals surface area contributed by atoms with Gasteiger partial charge in [0.25, 0.3) is 0 Å². The fourth-order valence-electron chi connectivity index (χ4n) is 2.48. The van der Waals surface area contributed by atoms with Gasteiger partial charge in [0.05, 0.1) is 0 Å². The van der Waals surface area contributed by atoms with Crippen LogP contribution < -0.4 is 5.32 Å². The van der Waals surface area contributed by atoms with Gasteiger partial charge in [-0.05, 0) is 36.2 Å². The van der Waals surface area contributed by atoms with E-state index in [1.807, 2.05) is 30.8 Å². The summed E-state index contributed by atoms with van der Waals surface area (Å²) in [5.74, 6) is -0.632. The molecule has 1 aliphatic heterocycles. The van der Waals surface area contributed by atoms with Crippen molar-refractivity contribution >= 4 is 11.8 Å². The van der Waals surface area contributed by atoms with Gasteiger partial charge in [0.15, 0.2) is 11.6 Å². The highest BCUT2D eigenvalue weighted by Gasteiger charge is 2.24. The van der Waals surface area contributed by atoms with Crippen LogP contribution in [0.5, 0.6) is 0 Å². The third-order valence-corrected chi connectivity index (χ3v) is 4.78. The Labute approximate surface area is 121 Å². The summed E-state index contributed by atoms with van der Waals surface area (Å²) >= 11 is 1.82. The van der Waals surface area contributed by atoms with Crippen molar-refractivity contribution in [2.45, 2.75) is 23.9 Å². The molecule has 4 heteroatoms. The zero-order valence-electron chi connectivity index (χ0n) is 11.1. The van der Waals surface area contributed by atoms with Gasteiger partial charge in [-0.2, -0.15) is 0 Å². The summed E-state index contributed by atoms with van der Waals surface area (Å²) in [6.07, 6.45) is 0. The van der Waals surface area contributed by atoms with Crippen molar-refractivity contribution in [2.24, 2.45) is 0 Å². The fraction of sp³-hybridized carbons (Fsp3) is 0.250. The monoisotopic (exact) mass is 291 g/mol. The van der Waals surface area contributed by atoms with Crippen LogP contribution in [0.2, 0.25) is 0 Å². The first-order valence-electron chi connectivity index (χ1n) is 6.58. The highest BCUT2D eigenvalue weighted by Crippen LogP contribution is 2.38. The highest BCUT2D eigenvalue weighted by molar-refractivity contribution is 7.99. The third kappa shape index (κ3) is 2.58. The molecule has 2 aromatic rings. The van der Waals surface area contributed by atoms with Crippen LogP contribution in [0, 0.1) is 11.6 Å². The minimum absolute atomic E-state index is 0.0261. The van der Waals surface area contributed by atoms with Crippen LogP contribution in [0.4, 0.5) is 8.78 Å². The molecule has 0 aliphatic carbocycles. The molecule has 0 fully saturated rings. The molecule has 0 saturated carbocycles. The van der Waals surface area contributed by atoms with Gasteiger partial charge >= 0.3 is 0 Å². The first-order valence-corrected chi connectivity index (χ1v) is 7.56. The Morgan fingerprint density at radius 3 is 2.75 bits per heavy atom. The Balaban J connectivity index is 1.77. The molecule has 0 radical (unpaired) electrons. The summed E-state index contributed by atoms with van der Waals surface area (Å²) in [6, 6.07) is 12.6. The number of hydrogen-bond acceptors (Lipinski definition) is 2. The first kappa shape index (κ1) is 13.6. The summed E-state index contributed by atoms with van der Waals surface area (Å²) in [4.78, 5) is 1.29. The van der Waals surface area contributed by atoms with Gasteiger partial charge < -0.3 is 5.32 Å². The molecular formula is C16H15F2NS. The maximum atomic E-state index is 13.3. The Morgan fingerprint density at radius 2 is 1.95 bits per heavy atom. The van der Waals surface area contributed by atoms with Crippen molar-refractivity contribution in [2.75, 3.05) is 5.75 Å². The summed E-state index contributed by atoms with van der Waals surface area (Å²) in [5, 5.41) is 3.49. The fourth-order valence-corrected chi connectivity index (χ4v) is 3.65. The van der Waals surface area contributed by atoms with E-state index in [-0.39, 0.29) is 12.1 Å². The molecule has 0 bridgehead atoms. The molecule has 0 spiro atoms. The van der Waals surface area contributed by atoms with E-state index in [1.165, 1.54) is 22.6 Å². The molecule has 20 heavy (non-hydrogen) atoms. The number of rotatable bonds is 3. The number of nitrogens with one attached hydrogen (secondary N) is 1. The van der Waals surface area contributed by atoms with Crippen LogP contribution in [-0.4, -0.2) is 5.75 Å². The van der Waals surface area contributed by atoms with Crippen molar-refractivity contribution in [3.05, 3.63) is 65.2 Å².